The fraction of sp³-hybridized carbons (Fsp3) is 0.333. The summed E-state index contributed by atoms with van der Waals surface area (Å²) in [4.78, 5) is 19.0. The molecule has 1 aliphatic heterocycles. The van der Waals surface area contributed by atoms with E-state index in [-0.39, 0.29) is 10.8 Å². The van der Waals surface area contributed by atoms with E-state index in [2.05, 4.69) is 15.2 Å². The van der Waals surface area contributed by atoms with Crippen LogP contribution in [0, 0.1) is 0 Å². The molecule has 2 aromatic rings. The van der Waals surface area contributed by atoms with Gasteiger partial charge < -0.3 is 15.0 Å². The number of carbonyl (C=O) groups excluding carboxylic acids is 1. The van der Waals surface area contributed by atoms with E-state index in [1.165, 1.54) is 24.3 Å². The van der Waals surface area contributed by atoms with Gasteiger partial charge in [-0.3, -0.25) is 4.79 Å². The highest BCUT2D eigenvalue weighted by molar-refractivity contribution is 7.90. The van der Waals surface area contributed by atoms with Gasteiger partial charge in [0.1, 0.15) is 5.82 Å². The third-order valence-corrected chi connectivity index (χ3v) is 5.27. The molecule has 0 atom stereocenters. The number of ether oxygens (including phenoxy) is 1. The van der Waals surface area contributed by atoms with Crippen molar-refractivity contribution in [2.45, 2.75) is 11.4 Å². The third-order valence-electron chi connectivity index (χ3n) is 4.14. The summed E-state index contributed by atoms with van der Waals surface area (Å²) in [5.74, 6) is 0.618. The first kappa shape index (κ1) is 18.3. The van der Waals surface area contributed by atoms with Gasteiger partial charge in [0.05, 0.1) is 18.1 Å². The first-order valence-corrected chi connectivity index (χ1v) is 10.2. The Morgan fingerprint density at radius 1 is 1.19 bits per heavy atom. The first-order chi connectivity index (χ1) is 12.4. The quantitative estimate of drug-likeness (QED) is 0.846. The third kappa shape index (κ3) is 4.59. The lowest BCUT2D eigenvalue weighted by Gasteiger charge is -2.28. The Morgan fingerprint density at radius 2 is 1.88 bits per heavy atom. The standard InChI is InChI=1S/C18H21N3O4S/c1-26(23,24)16-4-2-15(3-5-16)18(22)20-13-14-6-7-19-17(12-14)21-8-10-25-11-9-21/h2-7,12H,8-11,13H2,1H3,(H,20,22). The zero-order valence-electron chi connectivity index (χ0n) is 14.5. The second-order valence-electron chi connectivity index (χ2n) is 6.10. The molecule has 1 saturated heterocycles. The minimum absolute atomic E-state index is 0.193. The molecular weight excluding hydrogens is 354 g/mol. The normalized spacial score (nSPS) is 14.9. The fourth-order valence-corrected chi connectivity index (χ4v) is 3.30. The average molecular weight is 375 g/mol. The lowest BCUT2D eigenvalue weighted by Crippen LogP contribution is -2.36. The maximum absolute atomic E-state index is 12.3. The van der Waals surface area contributed by atoms with Crippen molar-refractivity contribution >= 4 is 21.6 Å². The molecule has 1 aromatic heterocycles. The summed E-state index contributed by atoms with van der Waals surface area (Å²) in [5.41, 5.74) is 1.36. The zero-order chi connectivity index (χ0) is 18.6. The number of sulfone groups is 1. The lowest BCUT2D eigenvalue weighted by atomic mass is 10.2. The molecule has 2 heterocycles. The minimum Gasteiger partial charge on any atom is -0.378 e. The second kappa shape index (κ2) is 7.84. The summed E-state index contributed by atoms with van der Waals surface area (Å²) < 4.78 is 28.3. The van der Waals surface area contributed by atoms with Crippen LogP contribution in [0.15, 0.2) is 47.5 Å². The van der Waals surface area contributed by atoms with E-state index in [1.54, 1.807) is 6.20 Å². The monoisotopic (exact) mass is 375 g/mol. The summed E-state index contributed by atoms with van der Waals surface area (Å²) in [6, 6.07) is 9.71. The molecule has 0 aliphatic carbocycles. The minimum atomic E-state index is -3.27. The second-order valence-corrected chi connectivity index (χ2v) is 8.12. The average Bonchev–Trinajstić information content (AvgIpc) is 2.66. The van der Waals surface area contributed by atoms with E-state index in [0.29, 0.717) is 25.3 Å². The van der Waals surface area contributed by atoms with Crippen LogP contribution in [-0.2, 0) is 21.1 Å². The number of anilines is 1. The van der Waals surface area contributed by atoms with Gasteiger partial charge in [-0.25, -0.2) is 13.4 Å². The number of amides is 1. The number of benzene rings is 1. The fourth-order valence-electron chi connectivity index (χ4n) is 2.67. The van der Waals surface area contributed by atoms with E-state index < -0.39 is 9.84 Å². The van der Waals surface area contributed by atoms with Gasteiger partial charge in [0.2, 0.25) is 0 Å². The van der Waals surface area contributed by atoms with Crippen molar-refractivity contribution in [3.05, 3.63) is 53.7 Å². The van der Waals surface area contributed by atoms with Crippen molar-refractivity contribution in [3.8, 4) is 0 Å². The smallest absolute Gasteiger partial charge is 0.251 e. The van der Waals surface area contributed by atoms with Crippen LogP contribution in [-0.4, -0.2) is 51.9 Å². The van der Waals surface area contributed by atoms with Gasteiger partial charge in [0, 0.05) is 37.7 Å². The number of nitrogens with one attached hydrogen (secondary N) is 1. The number of hydrogen-bond acceptors (Lipinski definition) is 6. The van der Waals surface area contributed by atoms with E-state index in [1.807, 2.05) is 12.1 Å². The summed E-state index contributed by atoms with van der Waals surface area (Å²) in [7, 11) is -3.27. The molecule has 138 valence electrons. The van der Waals surface area contributed by atoms with E-state index >= 15 is 0 Å². The Hall–Kier alpha value is -2.45. The Bertz CT molecular complexity index is 876. The van der Waals surface area contributed by atoms with Crippen LogP contribution in [0.1, 0.15) is 15.9 Å². The van der Waals surface area contributed by atoms with Crippen molar-refractivity contribution in [2.75, 3.05) is 37.5 Å². The molecule has 3 rings (SSSR count). The van der Waals surface area contributed by atoms with Crippen molar-refractivity contribution in [1.29, 1.82) is 0 Å². The Labute approximate surface area is 152 Å². The Morgan fingerprint density at radius 3 is 2.54 bits per heavy atom. The molecule has 1 fully saturated rings. The Balaban J connectivity index is 1.62. The summed E-state index contributed by atoms with van der Waals surface area (Å²) >= 11 is 0. The van der Waals surface area contributed by atoms with E-state index in [9.17, 15) is 13.2 Å². The molecule has 1 aromatic carbocycles. The van der Waals surface area contributed by atoms with Gasteiger partial charge in [-0.15, -0.1) is 0 Å². The van der Waals surface area contributed by atoms with E-state index in [4.69, 9.17) is 4.74 Å². The molecule has 26 heavy (non-hydrogen) atoms. The van der Waals surface area contributed by atoms with Crippen molar-refractivity contribution in [1.82, 2.24) is 10.3 Å². The number of nitrogens with zero attached hydrogens (tertiary/aromatic N) is 2. The van der Waals surface area contributed by atoms with Crippen molar-refractivity contribution in [2.24, 2.45) is 0 Å². The summed E-state index contributed by atoms with van der Waals surface area (Å²) in [5, 5.41) is 2.84. The first-order valence-electron chi connectivity index (χ1n) is 8.29. The number of pyridine rings is 1. The van der Waals surface area contributed by atoms with Crippen LogP contribution in [0.4, 0.5) is 5.82 Å². The summed E-state index contributed by atoms with van der Waals surface area (Å²) in [6.07, 6.45) is 2.87. The van der Waals surface area contributed by atoms with Crippen molar-refractivity contribution in [3.63, 3.8) is 0 Å². The molecule has 0 radical (unpaired) electrons. The van der Waals surface area contributed by atoms with Crippen molar-refractivity contribution < 1.29 is 17.9 Å². The molecule has 8 heteroatoms. The molecule has 0 spiro atoms. The van der Waals surface area contributed by atoms with Gasteiger partial charge in [-0.2, -0.15) is 0 Å². The maximum atomic E-state index is 12.3. The van der Waals surface area contributed by atoms with Crippen LogP contribution < -0.4 is 10.2 Å². The van der Waals surface area contributed by atoms with Crippen LogP contribution >= 0.6 is 0 Å². The molecule has 7 nitrogen and oxygen atoms in total. The molecule has 0 bridgehead atoms. The topological polar surface area (TPSA) is 88.6 Å². The maximum Gasteiger partial charge on any atom is 0.251 e. The predicted molar refractivity (Wildman–Crippen MR) is 98.0 cm³/mol. The molecule has 1 N–H and O–H groups in total. The highest BCUT2D eigenvalue weighted by Crippen LogP contribution is 2.15. The van der Waals surface area contributed by atoms with Gasteiger partial charge in [0.15, 0.2) is 9.84 Å². The number of aromatic nitrogens is 1. The number of carbonyl (C=O) groups is 1. The van der Waals surface area contributed by atoms with Gasteiger partial charge in [-0.05, 0) is 42.0 Å². The van der Waals surface area contributed by atoms with Crippen LogP contribution in [0.25, 0.3) is 0 Å². The van der Waals surface area contributed by atoms with Gasteiger partial charge in [0.25, 0.3) is 5.91 Å². The Kier molecular flexibility index (Phi) is 5.53. The largest absolute Gasteiger partial charge is 0.378 e. The molecule has 1 aliphatic rings. The SMILES string of the molecule is CS(=O)(=O)c1ccc(C(=O)NCc2ccnc(N3CCOCC3)c2)cc1. The number of rotatable bonds is 5. The highest BCUT2D eigenvalue weighted by Gasteiger charge is 2.13. The van der Waals surface area contributed by atoms with Gasteiger partial charge >= 0.3 is 0 Å². The predicted octanol–water partition coefficient (Wildman–Crippen LogP) is 1.25. The van der Waals surface area contributed by atoms with E-state index in [0.717, 1.165) is 30.7 Å². The molecule has 1 amide bonds. The van der Waals surface area contributed by atoms with Crippen LogP contribution in [0.2, 0.25) is 0 Å². The number of morpholine rings is 1. The molecule has 0 unspecified atom stereocenters. The van der Waals surface area contributed by atoms with Gasteiger partial charge in [-0.1, -0.05) is 0 Å². The molecule has 0 saturated carbocycles. The van der Waals surface area contributed by atoms with Crippen LogP contribution in [0.5, 0.6) is 0 Å². The molecular formula is C18H21N3O4S. The highest BCUT2D eigenvalue weighted by atomic mass is 32.2. The van der Waals surface area contributed by atoms with Crippen LogP contribution in [0.3, 0.4) is 0 Å². The summed E-state index contributed by atoms with van der Waals surface area (Å²) in [6.45, 7) is 3.34. The lowest BCUT2D eigenvalue weighted by molar-refractivity contribution is 0.0951. The number of hydrogen-bond donors (Lipinski definition) is 1. The zero-order valence-corrected chi connectivity index (χ0v) is 15.3.